The van der Waals surface area contributed by atoms with Crippen LogP contribution in [-0.4, -0.2) is 44.4 Å². The third-order valence-corrected chi connectivity index (χ3v) is 5.30. The maximum Gasteiger partial charge on any atom is 0.366 e. The Kier molecular flexibility index (Phi) is 8.64. The third-order valence-electron chi connectivity index (χ3n) is 5.30. The molecule has 0 aromatic heterocycles. The lowest BCUT2D eigenvalue weighted by Gasteiger charge is -2.35. The lowest BCUT2D eigenvalue weighted by molar-refractivity contribution is -0.272. The van der Waals surface area contributed by atoms with Crippen molar-refractivity contribution in [3.63, 3.8) is 0 Å². The first-order valence-electron chi connectivity index (χ1n) is 10.9. The molecule has 1 saturated heterocycles. The zero-order chi connectivity index (χ0) is 22.8. The lowest BCUT2D eigenvalue weighted by Crippen LogP contribution is -2.48. The summed E-state index contributed by atoms with van der Waals surface area (Å²) >= 11 is 0. The Hall–Kier alpha value is -2.90. The predicted molar refractivity (Wildman–Crippen MR) is 121 cm³/mol. The Morgan fingerprint density at radius 2 is 1.69 bits per heavy atom. The van der Waals surface area contributed by atoms with Crippen molar-refractivity contribution in [3.8, 4) is 11.5 Å². The average molecular weight is 442 g/mol. The molecular formula is C25H31NO6. The van der Waals surface area contributed by atoms with Crippen molar-refractivity contribution in [1.82, 2.24) is 0 Å². The van der Waals surface area contributed by atoms with Gasteiger partial charge in [-0.1, -0.05) is 23.4 Å². The molecule has 0 atom stereocenters. The summed E-state index contributed by atoms with van der Waals surface area (Å²) in [6, 6.07) is 17.4. The molecule has 172 valence electrons. The molecule has 7 heteroatoms. The van der Waals surface area contributed by atoms with Crippen LogP contribution in [0.3, 0.4) is 0 Å². The van der Waals surface area contributed by atoms with E-state index in [1.54, 1.807) is 6.92 Å². The number of methoxy groups -OCH3 is 1. The van der Waals surface area contributed by atoms with Crippen LogP contribution in [0.5, 0.6) is 11.5 Å². The summed E-state index contributed by atoms with van der Waals surface area (Å²) in [5.74, 6) is 0.0477. The van der Waals surface area contributed by atoms with Crippen molar-refractivity contribution in [2.24, 2.45) is 11.1 Å². The molecule has 2 aromatic carbocycles. The van der Waals surface area contributed by atoms with Crippen LogP contribution in [0, 0.1) is 5.92 Å². The Labute approximate surface area is 189 Å². The Morgan fingerprint density at radius 1 is 1.03 bits per heavy atom. The van der Waals surface area contributed by atoms with Gasteiger partial charge in [0.2, 0.25) is 0 Å². The fourth-order valence-electron chi connectivity index (χ4n) is 3.30. The van der Waals surface area contributed by atoms with Crippen LogP contribution >= 0.6 is 0 Å². The Morgan fingerprint density at radius 3 is 2.34 bits per heavy atom. The Balaban J connectivity index is 1.33. The molecule has 1 aliphatic rings. The molecule has 0 spiro atoms. The second kappa shape index (κ2) is 11.6. The van der Waals surface area contributed by atoms with E-state index in [9.17, 15) is 4.79 Å². The number of hydrogen-bond acceptors (Lipinski definition) is 7. The van der Waals surface area contributed by atoms with E-state index in [0.717, 1.165) is 42.0 Å². The van der Waals surface area contributed by atoms with Gasteiger partial charge in [-0.2, -0.15) is 0 Å². The van der Waals surface area contributed by atoms with Crippen LogP contribution in [0.25, 0.3) is 0 Å². The van der Waals surface area contributed by atoms with E-state index in [-0.39, 0.29) is 5.92 Å². The first-order chi connectivity index (χ1) is 15.5. The first kappa shape index (κ1) is 23.8. The zero-order valence-corrected chi connectivity index (χ0v) is 18.9. The Bertz CT molecular complexity index is 873. The van der Waals surface area contributed by atoms with Crippen LogP contribution in [0.4, 0.5) is 0 Å². The van der Waals surface area contributed by atoms with Crippen LogP contribution < -0.4 is 4.74 Å². The highest BCUT2D eigenvalue weighted by Crippen LogP contribution is 2.25. The molecule has 0 N–H and O–H groups in total. The van der Waals surface area contributed by atoms with Gasteiger partial charge in [0.25, 0.3) is 5.79 Å². The summed E-state index contributed by atoms with van der Waals surface area (Å²) in [7, 11) is 1.33. The number of oxime groups is 1. The summed E-state index contributed by atoms with van der Waals surface area (Å²) < 4.78 is 21.7. The largest absolute Gasteiger partial charge is 0.465 e. The molecule has 32 heavy (non-hydrogen) atoms. The van der Waals surface area contributed by atoms with Crippen molar-refractivity contribution in [3.05, 3.63) is 60.2 Å². The van der Waals surface area contributed by atoms with Gasteiger partial charge in [0.1, 0.15) is 18.1 Å². The number of esters is 1. The molecule has 7 nitrogen and oxygen atoms in total. The maximum atomic E-state index is 11.7. The summed E-state index contributed by atoms with van der Waals surface area (Å²) in [6.07, 6.45) is 2.78. The van der Waals surface area contributed by atoms with Crippen LogP contribution in [-0.2, 0) is 23.8 Å². The predicted octanol–water partition coefficient (Wildman–Crippen LogP) is 4.94. The second-order valence-electron chi connectivity index (χ2n) is 7.87. The van der Waals surface area contributed by atoms with Gasteiger partial charge in [-0.05, 0) is 68.1 Å². The number of hydrogen-bond donors (Lipinski definition) is 0. The molecule has 3 rings (SSSR count). The van der Waals surface area contributed by atoms with Crippen LogP contribution in [0.1, 0.15) is 38.7 Å². The minimum atomic E-state index is -1.29. The lowest BCUT2D eigenvalue weighted by atomic mass is 10.0. The molecular weight excluding hydrogens is 410 g/mol. The molecule has 0 radical (unpaired) electrons. The number of para-hydroxylation sites is 1. The number of unbranched alkanes of at least 4 members (excludes halogenated alkanes) is 1. The number of ether oxygens (including phenoxy) is 4. The quantitative estimate of drug-likeness (QED) is 0.225. The zero-order valence-electron chi connectivity index (χ0n) is 18.9. The molecule has 0 saturated carbocycles. The van der Waals surface area contributed by atoms with Gasteiger partial charge >= 0.3 is 5.97 Å². The number of carbonyl (C=O) groups is 1. The standard InChI is InChI=1S/C25H31NO6/c1-19(21-12-14-23(15-13-21)32-22-10-5-4-6-11-22)26-31-16-8-7-9-20-17-29-25(2,30-18-20)24(27)28-3/h4-6,10-15,20H,7-9,16-18H2,1-3H3. The van der Waals surface area contributed by atoms with E-state index in [2.05, 4.69) is 5.16 Å². The summed E-state index contributed by atoms with van der Waals surface area (Å²) in [5, 5.41) is 4.22. The van der Waals surface area contributed by atoms with Crippen molar-refractivity contribution in [1.29, 1.82) is 0 Å². The number of rotatable bonds is 10. The molecule has 0 bridgehead atoms. The van der Waals surface area contributed by atoms with E-state index in [4.69, 9.17) is 23.8 Å². The van der Waals surface area contributed by atoms with Gasteiger partial charge in [-0.25, -0.2) is 4.79 Å². The van der Waals surface area contributed by atoms with E-state index in [1.807, 2.05) is 61.5 Å². The molecule has 0 amide bonds. The summed E-state index contributed by atoms with van der Waals surface area (Å²) in [5.41, 5.74) is 1.79. The maximum absolute atomic E-state index is 11.7. The molecule has 2 aromatic rings. The van der Waals surface area contributed by atoms with Gasteiger partial charge in [0, 0.05) is 12.8 Å². The third kappa shape index (κ3) is 6.80. The van der Waals surface area contributed by atoms with E-state index in [0.29, 0.717) is 19.8 Å². The smallest absolute Gasteiger partial charge is 0.366 e. The van der Waals surface area contributed by atoms with Gasteiger partial charge in [0.05, 0.1) is 26.0 Å². The molecule has 1 fully saturated rings. The van der Waals surface area contributed by atoms with Crippen molar-refractivity contribution in [2.75, 3.05) is 26.9 Å². The minimum Gasteiger partial charge on any atom is -0.465 e. The van der Waals surface area contributed by atoms with Gasteiger partial charge in [-0.3, -0.25) is 0 Å². The number of nitrogens with zero attached hydrogens (tertiary/aromatic N) is 1. The van der Waals surface area contributed by atoms with E-state index < -0.39 is 11.8 Å². The van der Waals surface area contributed by atoms with E-state index in [1.165, 1.54) is 7.11 Å². The normalized spacial score (nSPS) is 21.1. The monoisotopic (exact) mass is 441 g/mol. The van der Waals surface area contributed by atoms with Gasteiger partial charge in [-0.15, -0.1) is 0 Å². The van der Waals surface area contributed by atoms with Gasteiger partial charge in [0.15, 0.2) is 0 Å². The molecule has 0 aliphatic carbocycles. The van der Waals surface area contributed by atoms with Crippen molar-refractivity contribution in [2.45, 2.75) is 38.9 Å². The minimum absolute atomic E-state index is 0.259. The van der Waals surface area contributed by atoms with Crippen LogP contribution in [0.15, 0.2) is 59.8 Å². The fraction of sp³-hybridized carbons (Fsp3) is 0.440. The SMILES string of the molecule is COC(=O)C1(C)OCC(CCCCON=C(C)c2ccc(Oc3ccccc3)cc2)CO1. The van der Waals surface area contributed by atoms with Crippen molar-refractivity contribution < 1.29 is 28.6 Å². The molecule has 1 heterocycles. The first-order valence-corrected chi connectivity index (χ1v) is 10.9. The topological polar surface area (TPSA) is 75.6 Å². The van der Waals surface area contributed by atoms with Crippen molar-refractivity contribution >= 4 is 11.7 Å². The highest BCUT2D eigenvalue weighted by Gasteiger charge is 2.41. The second-order valence-corrected chi connectivity index (χ2v) is 7.87. The summed E-state index contributed by atoms with van der Waals surface area (Å²) in [6.45, 7) is 5.01. The fourth-order valence-corrected chi connectivity index (χ4v) is 3.30. The molecule has 0 unspecified atom stereocenters. The highest BCUT2D eigenvalue weighted by atomic mass is 16.7. The number of carbonyl (C=O) groups excluding carboxylic acids is 1. The number of benzene rings is 2. The van der Waals surface area contributed by atoms with Gasteiger partial charge < -0.3 is 23.8 Å². The van der Waals surface area contributed by atoms with Crippen LogP contribution in [0.2, 0.25) is 0 Å². The van der Waals surface area contributed by atoms with E-state index >= 15 is 0 Å². The summed E-state index contributed by atoms with van der Waals surface area (Å²) in [4.78, 5) is 17.1. The highest BCUT2D eigenvalue weighted by molar-refractivity contribution is 5.98. The molecule has 1 aliphatic heterocycles. The average Bonchev–Trinajstić information content (AvgIpc) is 2.83.